The molecule has 3 aliphatic rings. The van der Waals surface area contributed by atoms with Crippen molar-refractivity contribution in [2.75, 3.05) is 0 Å². The van der Waals surface area contributed by atoms with E-state index in [0.717, 1.165) is 31.1 Å². The molecule has 2 bridgehead atoms. The summed E-state index contributed by atoms with van der Waals surface area (Å²) in [6.07, 6.45) is 3.93. The van der Waals surface area contributed by atoms with Gasteiger partial charge in [0, 0.05) is 11.8 Å². The zero-order chi connectivity index (χ0) is 16.4. The number of hydrogen-bond donors (Lipinski definition) is 0. The smallest absolute Gasteiger partial charge is 0.399 e. The topological polar surface area (TPSA) is 35.5 Å². The summed E-state index contributed by atoms with van der Waals surface area (Å²) in [5, 5.41) is 0. The summed E-state index contributed by atoms with van der Waals surface area (Å²) in [6.45, 7) is 8.31. The fourth-order valence-electron chi connectivity index (χ4n) is 4.12. The molecular weight excluding hydrogens is 287 g/mol. The predicted molar refractivity (Wildman–Crippen MR) is 90.8 cm³/mol. The Morgan fingerprint density at radius 1 is 0.957 bits per heavy atom. The van der Waals surface area contributed by atoms with E-state index >= 15 is 0 Å². The van der Waals surface area contributed by atoms with Gasteiger partial charge in [-0.05, 0) is 70.0 Å². The van der Waals surface area contributed by atoms with Crippen molar-refractivity contribution in [3.05, 3.63) is 29.3 Å². The largest absolute Gasteiger partial charge is 0.494 e. The Hall–Kier alpha value is -1.13. The minimum atomic E-state index is -0.320. The van der Waals surface area contributed by atoms with Gasteiger partial charge in [0.25, 0.3) is 0 Å². The van der Waals surface area contributed by atoms with Gasteiger partial charge in [-0.25, -0.2) is 0 Å². The molecule has 0 N–H and O–H groups in total. The van der Waals surface area contributed by atoms with Gasteiger partial charge in [0.15, 0.2) is 0 Å². The summed E-state index contributed by atoms with van der Waals surface area (Å²) < 4.78 is 12.3. The minimum absolute atomic E-state index is 0.231. The first kappa shape index (κ1) is 15.4. The van der Waals surface area contributed by atoms with E-state index in [0.29, 0.717) is 5.78 Å². The van der Waals surface area contributed by atoms with E-state index in [-0.39, 0.29) is 30.2 Å². The highest BCUT2D eigenvalue weighted by Gasteiger charge is 2.51. The minimum Gasteiger partial charge on any atom is -0.399 e. The predicted octanol–water partition coefficient (Wildman–Crippen LogP) is 2.68. The summed E-state index contributed by atoms with van der Waals surface area (Å²) in [5.74, 6) is 0.970. The van der Waals surface area contributed by atoms with Crippen LogP contribution in [-0.4, -0.2) is 24.1 Å². The molecule has 4 rings (SSSR count). The van der Waals surface area contributed by atoms with E-state index in [9.17, 15) is 4.79 Å². The molecule has 2 fully saturated rings. The molecule has 0 spiro atoms. The maximum atomic E-state index is 12.3. The number of carbonyl (C=O) groups excluding carboxylic acids is 1. The molecule has 2 aliphatic carbocycles. The number of Topliss-reactive ketones (excluding diaryl/α,β-unsaturated/α-hetero) is 1. The lowest BCUT2D eigenvalue weighted by molar-refractivity contribution is -0.123. The van der Waals surface area contributed by atoms with Gasteiger partial charge in [0.2, 0.25) is 0 Å². The first-order valence-electron chi connectivity index (χ1n) is 8.78. The van der Waals surface area contributed by atoms with Crippen molar-refractivity contribution in [2.24, 2.45) is 11.8 Å². The van der Waals surface area contributed by atoms with Gasteiger partial charge in [-0.1, -0.05) is 18.2 Å². The van der Waals surface area contributed by atoms with Crippen molar-refractivity contribution >= 4 is 18.4 Å². The number of hydrogen-bond acceptors (Lipinski definition) is 3. The van der Waals surface area contributed by atoms with Crippen LogP contribution in [0.1, 0.15) is 51.7 Å². The average Bonchev–Trinajstić information content (AvgIpc) is 2.83. The third kappa shape index (κ3) is 2.38. The summed E-state index contributed by atoms with van der Waals surface area (Å²) >= 11 is 0. The molecule has 3 nitrogen and oxygen atoms in total. The van der Waals surface area contributed by atoms with Gasteiger partial charge >= 0.3 is 7.12 Å². The molecule has 0 unspecified atom stereocenters. The van der Waals surface area contributed by atoms with Crippen molar-refractivity contribution in [1.29, 1.82) is 0 Å². The van der Waals surface area contributed by atoms with Crippen molar-refractivity contribution in [1.82, 2.24) is 0 Å². The zero-order valence-electron chi connectivity index (χ0n) is 14.5. The average molecular weight is 312 g/mol. The van der Waals surface area contributed by atoms with Crippen molar-refractivity contribution in [3.8, 4) is 0 Å². The van der Waals surface area contributed by atoms with E-state index in [1.54, 1.807) is 0 Å². The molecule has 1 saturated heterocycles. The van der Waals surface area contributed by atoms with E-state index in [1.807, 2.05) is 0 Å². The normalized spacial score (nSPS) is 31.1. The lowest BCUT2D eigenvalue weighted by Crippen LogP contribution is -2.41. The highest BCUT2D eigenvalue weighted by atomic mass is 16.7. The highest BCUT2D eigenvalue weighted by molar-refractivity contribution is 6.62. The number of rotatable bonds is 1. The molecule has 1 heterocycles. The molecule has 1 aromatic carbocycles. The van der Waals surface area contributed by atoms with Crippen LogP contribution in [0.25, 0.3) is 0 Å². The van der Waals surface area contributed by atoms with Crippen LogP contribution in [0.4, 0.5) is 0 Å². The molecule has 2 atom stereocenters. The van der Waals surface area contributed by atoms with Gasteiger partial charge in [-0.2, -0.15) is 0 Å². The van der Waals surface area contributed by atoms with Gasteiger partial charge in [-0.15, -0.1) is 0 Å². The Balaban J connectivity index is 1.64. The van der Waals surface area contributed by atoms with Crippen LogP contribution in [0, 0.1) is 11.8 Å². The fraction of sp³-hybridized carbons (Fsp3) is 0.632. The molecule has 1 aromatic rings. The highest BCUT2D eigenvalue weighted by Crippen LogP contribution is 2.38. The first-order valence-corrected chi connectivity index (χ1v) is 8.78. The standard InChI is InChI=1S/C19H25BO3/c1-18(2)19(3,4)23-20(22-18)16-8-7-12-9-13-5-6-14(17(13)21)10-15(12)11-16/h7-8,11,13-14H,5-6,9-10H2,1-4H3/t13-,14+/m1/s1. The van der Waals surface area contributed by atoms with E-state index in [2.05, 4.69) is 45.9 Å². The molecular formula is C19H25BO3. The Labute approximate surface area is 138 Å². The van der Waals surface area contributed by atoms with Crippen LogP contribution < -0.4 is 5.46 Å². The Morgan fingerprint density at radius 3 is 2.13 bits per heavy atom. The van der Waals surface area contributed by atoms with Crippen molar-refractivity contribution < 1.29 is 14.1 Å². The molecule has 0 amide bonds. The van der Waals surface area contributed by atoms with Crippen LogP contribution in [0.15, 0.2) is 18.2 Å². The molecule has 4 heteroatoms. The van der Waals surface area contributed by atoms with Gasteiger partial charge in [0.05, 0.1) is 11.2 Å². The molecule has 1 saturated carbocycles. The molecule has 0 radical (unpaired) electrons. The molecule has 0 aromatic heterocycles. The number of ketones is 1. The molecule has 23 heavy (non-hydrogen) atoms. The summed E-state index contributed by atoms with van der Waals surface area (Å²) in [7, 11) is -0.318. The second kappa shape index (κ2) is 4.94. The monoisotopic (exact) mass is 312 g/mol. The van der Waals surface area contributed by atoms with Gasteiger partial charge < -0.3 is 9.31 Å². The maximum absolute atomic E-state index is 12.3. The summed E-state index contributed by atoms with van der Waals surface area (Å²) in [5.41, 5.74) is 3.09. The second-order valence-corrected chi connectivity index (χ2v) is 8.40. The zero-order valence-corrected chi connectivity index (χ0v) is 14.5. The maximum Gasteiger partial charge on any atom is 0.494 e. The Kier molecular flexibility index (Phi) is 3.31. The SMILES string of the molecule is CC1(C)OB(c2ccc3c(c2)C[C@@H]2CC[C@H](C3)C2=O)OC1(C)C. The van der Waals surface area contributed by atoms with Gasteiger partial charge in [0.1, 0.15) is 5.78 Å². The number of fused-ring (bicyclic) bond motifs is 3. The Bertz CT molecular complexity index is 649. The summed E-state index contributed by atoms with van der Waals surface area (Å²) in [4.78, 5) is 12.3. The number of benzene rings is 1. The summed E-state index contributed by atoms with van der Waals surface area (Å²) in [6, 6.07) is 6.51. The van der Waals surface area contributed by atoms with Crippen molar-refractivity contribution in [3.63, 3.8) is 0 Å². The van der Waals surface area contributed by atoms with Crippen LogP contribution in [0.5, 0.6) is 0 Å². The van der Waals surface area contributed by atoms with Crippen LogP contribution in [0.2, 0.25) is 0 Å². The van der Waals surface area contributed by atoms with Crippen LogP contribution >= 0.6 is 0 Å². The Morgan fingerprint density at radius 2 is 1.52 bits per heavy atom. The molecule has 122 valence electrons. The first-order chi connectivity index (χ1) is 10.8. The number of carbonyl (C=O) groups is 1. The third-order valence-electron chi connectivity index (χ3n) is 6.36. The lowest BCUT2D eigenvalue weighted by atomic mass is 9.76. The van der Waals surface area contributed by atoms with Crippen LogP contribution in [0.3, 0.4) is 0 Å². The van der Waals surface area contributed by atoms with Crippen LogP contribution in [-0.2, 0) is 26.9 Å². The van der Waals surface area contributed by atoms with E-state index < -0.39 is 0 Å². The quantitative estimate of drug-likeness (QED) is 0.748. The molecule has 1 aliphatic heterocycles. The fourth-order valence-corrected chi connectivity index (χ4v) is 4.12. The second-order valence-electron chi connectivity index (χ2n) is 8.40. The van der Waals surface area contributed by atoms with E-state index in [4.69, 9.17) is 9.31 Å². The lowest BCUT2D eigenvalue weighted by Gasteiger charge is -2.32. The van der Waals surface area contributed by atoms with Crippen molar-refractivity contribution in [2.45, 2.75) is 64.6 Å². The third-order valence-corrected chi connectivity index (χ3v) is 6.36. The van der Waals surface area contributed by atoms with Gasteiger partial charge in [-0.3, -0.25) is 4.79 Å². The van der Waals surface area contributed by atoms with E-state index in [1.165, 1.54) is 11.1 Å².